The number of hydrogen-bond donors (Lipinski definition) is 1. The Hall–Kier alpha value is -5.35. The summed E-state index contributed by atoms with van der Waals surface area (Å²) in [5, 5.41) is 2.93. The quantitative estimate of drug-likeness (QED) is 0.0919. The molecule has 10 heteroatoms. The smallest absolute Gasteiger partial charge is 0.415 e. The van der Waals surface area contributed by atoms with Gasteiger partial charge in [-0.2, -0.15) is 11.8 Å². The van der Waals surface area contributed by atoms with E-state index in [2.05, 4.69) is 46.3 Å². The van der Waals surface area contributed by atoms with Gasteiger partial charge in [0.25, 0.3) is 0 Å². The summed E-state index contributed by atoms with van der Waals surface area (Å²) in [6, 6.07) is 35.9. The van der Waals surface area contributed by atoms with Gasteiger partial charge in [-0.1, -0.05) is 109 Å². The first-order chi connectivity index (χ1) is 25.5. The van der Waals surface area contributed by atoms with Crippen LogP contribution in [-0.2, 0) is 31.0 Å². The molecule has 0 aliphatic heterocycles. The number of amides is 2. The molecule has 0 saturated heterocycles. The van der Waals surface area contributed by atoms with Crippen molar-refractivity contribution in [2.75, 3.05) is 24.0 Å². The van der Waals surface area contributed by atoms with Crippen molar-refractivity contribution in [1.82, 2.24) is 14.9 Å². The van der Waals surface area contributed by atoms with Gasteiger partial charge in [0, 0.05) is 18.3 Å². The lowest BCUT2D eigenvalue weighted by atomic mass is 9.77. The van der Waals surface area contributed by atoms with E-state index in [0.717, 1.165) is 22.3 Å². The van der Waals surface area contributed by atoms with Gasteiger partial charge in [0.05, 0.1) is 19.1 Å². The minimum Gasteiger partial charge on any atom is -0.467 e. The number of imidazole rings is 1. The SMILES string of the molecule is COC(=O)[C@H](Cc1cn(C(c2ccccc2)(c2ccccc2)c2ccccc2)cn1)NC(=O)[C@H](CCSC)N(C(=O)OC(C)(C)C)c1ccc(C)cc1. The summed E-state index contributed by atoms with van der Waals surface area (Å²) in [5.74, 6) is -0.555. The van der Waals surface area contributed by atoms with Crippen LogP contribution in [0, 0.1) is 6.92 Å². The average molecular weight is 733 g/mol. The number of aromatic nitrogens is 2. The van der Waals surface area contributed by atoms with Crippen LogP contribution >= 0.6 is 11.8 Å². The van der Waals surface area contributed by atoms with Gasteiger partial charge >= 0.3 is 12.1 Å². The molecule has 276 valence electrons. The summed E-state index contributed by atoms with van der Waals surface area (Å²) < 4.78 is 13.1. The van der Waals surface area contributed by atoms with E-state index >= 15 is 0 Å². The van der Waals surface area contributed by atoms with E-state index in [9.17, 15) is 14.4 Å². The number of methoxy groups -OCH3 is 1. The Balaban J connectivity index is 1.53. The molecule has 1 heterocycles. The molecular weight excluding hydrogens is 685 g/mol. The lowest BCUT2D eigenvalue weighted by Crippen LogP contribution is -2.55. The van der Waals surface area contributed by atoms with Crippen LogP contribution in [0.1, 0.15) is 55.1 Å². The highest BCUT2D eigenvalue weighted by atomic mass is 32.2. The summed E-state index contributed by atoms with van der Waals surface area (Å²) in [7, 11) is 1.29. The highest BCUT2D eigenvalue weighted by molar-refractivity contribution is 7.98. The molecule has 0 fully saturated rings. The van der Waals surface area contributed by atoms with Crippen LogP contribution in [0.15, 0.2) is 128 Å². The van der Waals surface area contributed by atoms with Crippen molar-refractivity contribution >= 4 is 35.4 Å². The summed E-state index contributed by atoms with van der Waals surface area (Å²) in [4.78, 5) is 47.7. The van der Waals surface area contributed by atoms with Crippen LogP contribution in [0.3, 0.4) is 0 Å². The predicted octanol–water partition coefficient (Wildman–Crippen LogP) is 7.80. The molecule has 53 heavy (non-hydrogen) atoms. The second-order valence-electron chi connectivity index (χ2n) is 13.9. The molecule has 0 unspecified atom stereocenters. The summed E-state index contributed by atoms with van der Waals surface area (Å²) >= 11 is 1.56. The molecule has 5 rings (SSSR count). The second kappa shape index (κ2) is 17.4. The van der Waals surface area contributed by atoms with Crippen molar-refractivity contribution in [3.05, 3.63) is 156 Å². The fraction of sp³-hybridized carbons (Fsp3) is 0.302. The third kappa shape index (κ3) is 9.18. The number of hydrogen-bond acceptors (Lipinski definition) is 7. The molecule has 2 atom stereocenters. The lowest BCUT2D eigenvalue weighted by Gasteiger charge is -2.37. The molecule has 9 nitrogen and oxygen atoms in total. The molecule has 0 radical (unpaired) electrons. The van der Waals surface area contributed by atoms with E-state index in [1.807, 2.05) is 86.1 Å². The normalized spacial score (nSPS) is 12.7. The van der Waals surface area contributed by atoms with Crippen molar-refractivity contribution in [3.63, 3.8) is 0 Å². The Morgan fingerprint density at radius 1 is 0.830 bits per heavy atom. The zero-order chi connectivity index (χ0) is 38.0. The first kappa shape index (κ1) is 38.9. The Kier molecular flexibility index (Phi) is 12.8. The largest absolute Gasteiger partial charge is 0.467 e. The standard InChI is InChI=1S/C43H48N4O5S/c1-31-22-24-36(25-23-31)47(41(50)52-42(2,3)4)38(26-27-53-6)39(48)45-37(40(49)51-5)28-35-29-46(30-44-35)43(32-16-10-7-11-17-32,33-18-12-8-13-19-33)34-20-14-9-15-21-34/h7-25,29-30,37-38H,26-28H2,1-6H3,(H,45,48)/t37-,38-/m0/s1. The highest BCUT2D eigenvalue weighted by Gasteiger charge is 2.40. The number of nitrogens with zero attached hydrogens (tertiary/aromatic N) is 3. The predicted molar refractivity (Wildman–Crippen MR) is 211 cm³/mol. The number of carbonyl (C=O) groups excluding carboxylic acids is 3. The first-order valence-corrected chi connectivity index (χ1v) is 19.0. The molecular formula is C43H48N4O5S. The molecule has 5 aromatic rings. The van der Waals surface area contributed by atoms with E-state index in [-0.39, 0.29) is 6.42 Å². The molecule has 0 bridgehead atoms. The number of nitrogens with one attached hydrogen (secondary N) is 1. The number of aryl methyl sites for hydroxylation is 1. The van der Waals surface area contributed by atoms with Crippen LogP contribution in [0.5, 0.6) is 0 Å². The van der Waals surface area contributed by atoms with Crippen LogP contribution in [0.25, 0.3) is 0 Å². The van der Waals surface area contributed by atoms with Crippen molar-refractivity contribution in [2.45, 2.75) is 63.8 Å². The number of esters is 1. The van der Waals surface area contributed by atoms with Gasteiger partial charge in [-0.15, -0.1) is 0 Å². The number of rotatable bonds is 14. The Bertz CT molecular complexity index is 1850. The van der Waals surface area contributed by atoms with E-state index in [4.69, 9.17) is 14.5 Å². The third-order valence-corrected chi connectivity index (χ3v) is 9.57. The van der Waals surface area contributed by atoms with Crippen molar-refractivity contribution < 1.29 is 23.9 Å². The van der Waals surface area contributed by atoms with Crippen molar-refractivity contribution in [1.29, 1.82) is 0 Å². The van der Waals surface area contributed by atoms with Crippen LogP contribution in [-0.4, -0.2) is 64.3 Å². The fourth-order valence-electron chi connectivity index (χ4n) is 6.49. The zero-order valence-electron chi connectivity index (χ0n) is 31.2. The van der Waals surface area contributed by atoms with Crippen LogP contribution < -0.4 is 10.2 Å². The molecule has 0 spiro atoms. The number of benzene rings is 4. The van der Waals surface area contributed by atoms with Gasteiger partial charge < -0.3 is 19.4 Å². The van der Waals surface area contributed by atoms with Crippen molar-refractivity contribution in [3.8, 4) is 0 Å². The number of ether oxygens (including phenoxy) is 2. The minimum atomic E-state index is -1.09. The maximum Gasteiger partial charge on any atom is 0.415 e. The van der Waals surface area contributed by atoms with Gasteiger partial charge in [0.1, 0.15) is 23.2 Å². The minimum absolute atomic E-state index is 0.0477. The summed E-state index contributed by atoms with van der Waals surface area (Å²) in [6.07, 6.45) is 5.32. The second-order valence-corrected chi connectivity index (χ2v) is 14.8. The van der Waals surface area contributed by atoms with Gasteiger partial charge in [0.2, 0.25) is 5.91 Å². The monoisotopic (exact) mass is 732 g/mol. The van der Waals surface area contributed by atoms with Gasteiger partial charge in [-0.25, -0.2) is 14.6 Å². The highest BCUT2D eigenvalue weighted by Crippen LogP contribution is 2.41. The number of anilines is 1. The molecule has 0 aliphatic rings. The molecule has 4 aromatic carbocycles. The van der Waals surface area contributed by atoms with E-state index in [0.29, 0.717) is 23.6 Å². The zero-order valence-corrected chi connectivity index (χ0v) is 32.0. The van der Waals surface area contributed by atoms with E-state index in [1.165, 1.54) is 12.0 Å². The van der Waals surface area contributed by atoms with Gasteiger partial charge in [0.15, 0.2) is 0 Å². The van der Waals surface area contributed by atoms with E-state index in [1.54, 1.807) is 51.0 Å². The molecule has 1 aromatic heterocycles. The van der Waals surface area contributed by atoms with E-state index < -0.39 is 41.2 Å². The topological polar surface area (TPSA) is 103 Å². The third-order valence-electron chi connectivity index (χ3n) is 8.93. The van der Waals surface area contributed by atoms with Gasteiger partial charge in [-0.05, 0) is 74.9 Å². The Morgan fingerprint density at radius 2 is 1.36 bits per heavy atom. The lowest BCUT2D eigenvalue weighted by molar-refractivity contribution is -0.145. The summed E-state index contributed by atoms with van der Waals surface area (Å²) in [5.41, 5.74) is 3.54. The number of carbonyl (C=O) groups is 3. The fourth-order valence-corrected chi connectivity index (χ4v) is 6.95. The Morgan fingerprint density at radius 3 is 1.83 bits per heavy atom. The summed E-state index contributed by atoms with van der Waals surface area (Å²) in [6.45, 7) is 7.29. The average Bonchev–Trinajstić information content (AvgIpc) is 3.62. The molecule has 1 N–H and O–H groups in total. The molecule has 2 amide bonds. The molecule has 0 saturated carbocycles. The van der Waals surface area contributed by atoms with Gasteiger partial charge in [-0.3, -0.25) is 9.69 Å². The van der Waals surface area contributed by atoms with Crippen LogP contribution in [0.4, 0.5) is 10.5 Å². The van der Waals surface area contributed by atoms with Crippen molar-refractivity contribution in [2.24, 2.45) is 0 Å². The number of thioether (sulfide) groups is 1. The van der Waals surface area contributed by atoms with Crippen LogP contribution in [0.2, 0.25) is 0 Å². The maximum absolute atomic E-state index is 14.3. The Labute approximate surface area is 316 Å². The maximum atomic E-state index is 14.3. The molecule has 0 aliphatic carbocycles. The first-order valence-electron chi connectivity index (χ1n) is 17.6.